The molecule has 3 heterocycles. The highest BCUT2D eigenvalue weighted by Crippen LogP contribution is 2.59. The third kappa shape index (κ3) is 5.51. The molecule has 0 radical (unpaired) electrons. The van der Waals surface area contributed by atoms with E-state index in [4.69, 9.17) is 9.84 Å². The summed E-state index contributed by atoms with van der Waals surface area (Å²) in [6.45, 7) is 17.6. The second-order valence-electron chi connectivity index (χ2n) is 11.7. The van der Waals surface area contributed by atoms with Crippen LogP contribution in [0, 0.1) is 11.8 Å². The third-order valence-corrected chi connectivity index (χ3v) is 8.17. The summed E-state index contributed by atoms with van der Waals surface area (Å²) in [6, 6.07) is -0.760. The Kier molecular flexibility index (Phi) is 9.62. The van der Waals surface area contributed by atoms with Crippen molar-refractivity contribution >= 4 is 17.7 Å². The van der Waals surface area contributed by atoms with E-state index in [2.05, 4.69) is 13.2 Å². The van der Waals surface area contributed by atoms with Crippen molar-refractivity contribution in [1.82, 2.24) is 14.7 Å². The Morgan fingerprint density at radius 1 is 1.14 bits per heavy atom. The summed E-state index contributed by atoms with van der Waals surface area (Å²) in [6.07, 6.45) is 8.32. The molecule has 8 heteroatoms. The summed E-state index contributed by atoms with van der Waals surface area (Å²) < 4.78 is 6.60. The van der Waals surface area contributed by atoms with Crippen molar-refractivity contribution in [3.63, 3.8) is 0 Å². The van der Waals surface area contributed by atoms with Gasteiger partial charge in [-0.15, -0.1) is 13.2 Å². The van der Waals surface area contributed by atoms with Crippen molar-refractivity contribution in [2.45, 2.75) is 95.9 Å². The smallest absolute Gasteiger partial charge is 0.249 e. The first kappa shape index (κ1) is 29.4. The molecule has 1 spiro atoms. The summed E-state index contributed by atoms with van der Waals surface area (Å²) in [4.78, 5) is 47.5. The molecular weight excluding hydrogens is 470 g/mol. The molecule has 37 heavy (non-hydrogen) atoms. The minimum Gasteiger partial charge on any atom is -0.396 e. The molecule has 3 saturated heterocycles. The van der Waals surface area contributed by atoms with Crippen LogP contribution in [0.25, 0.3) is 0 Å². The highest BCUT2D eigenvalue weighted by Gasteiger charge is 2.75. The second-order valence-corrected chi connectivity index (χ2v) is 11.7. The van der Waals surface area contributed by atoms with E-state index in [0.717, 1.165) is 32.1 Å². The normalized spacial score (nSPS) is 28.4. The number of nitrogens with zero attached hydrogens (tertiary/aromatic N) is 3. The van der Waals surface area contributed by atoms with Crippen LogP contribution in [0.3, 0.4) is 0 Å². The molecule has 0 aromatic heterocycles. The summed E-state index contributed by atoms with van der Waals surface area (Å²) in [7, 11) is 0. The minimum absolute atomic E-state index is 0.0681. The Morgan fingerprint density at radius 3 is 2.41 bits per heavy atom. The van der Waals surface area contributed by atoms with Gasteiger partial charge in [-0.1, -0.05) is 31.9 Å². The van der Waals surface area contributed by atoms with E-state index in [1.807, 2.05) is 27.7 Å². The van der Waals surface area contributed by atoms with Crippen LogP contribution >= 0.6 is 0 Å². The van der Waals surface area contributed by atoms with Gasteiger partial charge >= 0.3 is 0 Å². The molecule has 1 N–H and O–H groups in total. The fraction of sp³-hybridized carbons (Fsp3) is 0.759. The first-order valence-electron chi connectivity index (χ1n) is 14.0. The summed E-state index contributed by atoms with van der Waals surface area (Å²) in [5, 5.41) is 9.12. The van der Waals surface area contributed by atoms with E-state index >= 15 is 0 Å². The van der Waals surface area contributed by atoms with E-state index in [1.54, 1.807) is 26.9 Å². The molecule has 0 saturated carbocycles. The number of likely N-dealkylation sites (tertiary alicyclic amines) is 1. The van der Waals surface area contributed by atoms with E-state index in [-0.39, 0.29) is 30.4 Å². The van der Waals surface area contributed by atoms with Gasteiger partial charge in [0.2, 0.25) is 17.7 Å². The van der Waals surface area contributed by atoms with Crippen LogP contribution in [0.4, 0.5) is 0 Å². The van der Waals surface area contributed by atoms with E-state index < -0.39 is 29.0 Å². The van der Waals surface area contributed by atoms with Gasteiger partial charge in [0.25, 0.3) is 0 Å². The average Bonchev–Trinajstić information content (AvgIpc) is 3.48. The van der Waals surface area contributed by atoms with Crippen LogP contribution in [0.5, 0.6) is 0 Å². The lowest BCUT2D eigenvalue weighted by Gasteiger charge is -2.42. The highest BCUT2D eigenvalue weighted by atomic mass is 16.5. The standard InChI is InChI=1S/C29H47N3O5/c1-7-16-30(17-8-2)25(34)22-21-14-15-29(37-21)23(22)26(35)31(19-12-10-11-13-20-33)24(29)27(36)32(18-9-3)28(4,5)6/h7,9,21-24,33H,1,3,8,10-20H2,2,4-6H3/t21-,22+,23+,24?,29?/m1/s1. The number of hydrogen-bond acceptors (Lipinski definition) is 5. The van der Waals surface area contributed by atoms with Crippen LogP contribution in [0.2, 0.25) is 0 Å². The van der Waals surface area contributed by atoms with Crippen molar-refractivity contribution in [3.8, 4) is 0 Å². The van der Waals surface area contributed by atoms with Crippen molar-refractivity contribution < 1.29 is 24.2 Å². The maximum Gasteiger partial charge on any atom is 0.249 e. The van der Waals surface area contributed by atoms with Gasteiger partial charge in [0.15, 0.2) is 0 Å². The fourth-order valence-electron chi connectivity index (χ4n) is 6.60. The first-order chi connectivity index (χ1) is 17.6. The Labute approximate surface area is 222 Å². The number of fused-ring (bicyclic) bond motifs is 1. The van der Waals surface area contributed by atoms with Crippen molar-refractivity contribution in [1.29, 1.82) is 0 Å². The molecular formula is C29H47N3O5. The predicted molar refractivity (Wildman–Crippen MR) is 144 cm³/mol. The van der Waals surface area contributed by atoms with Crippen molar-refractivity contribution in [2.24, 2.45) is 11.8 Å². The molecule has 5 atom stereocenters. The molecule has 208 valence electrons. The zero-order valence-electron chi connectivity index (χ0n) is 23.3. The Morgan fingerprint density at radius 2 is 1.81 bits per heavy atom. The maximum absolute atomic E-state index is 14.3. The summed E-state index contributed by atoms with van der Waals surface area (Å²) >= 11 is 0. The van der Waals surface area contributed by atoms with Gasteiger partial charge in [-0.3, -0.25) is 14.4 Å². The molecule has 2 unspecified atom stereocenters. The number of amides is 3. The van der Waals surface area contributed by atoms with Gasteiger partial charge in [-0.25, -0.2) is 0 Å². The Balaban J connectivity index is 1.99. The van der Waals surface area contributed by atoms with Crippen LogP contribution in [-0.4, -0.2) is 93.6 Å². The number of carbonyl (C=O) groups is 3. The summed E-state index contributed by atoms with van der Waals surface area (Å²) in [5.41, 5.74) is -1.45. The number of aliphatic hydroxyl groups is 1. The monoisotopic (exact) mass is 517 g/mol. The van der Waals surface area contributed by atoms with Crippen molar-refractivity contribution in [2.75, 3.05) is 32.8 Å². The van der Waals surface area contributed by atoms with Crippen molar-refractivity contribution in [3.05, 3.63) is 25.3 Å². The van der Waals surface area contributed by atoms with Crippen LogP contribution in [0.1, 0.15) is 72.6 Å². The lowest BCUT2D eigenvalue weighted by atomic mass is 9.70. The van der Waals surface area contributed by atoms with Gasteiger partial charge in [-0.2, -0.15) is 0 Å². The van der Waals surface area contributed by atoms with Gasteiger partial charge in [0.1, 0.15) is 11.6 Å². The Hall–Kier alpha value is -2.19. The van der Waals surface area contributed by atoms with Gasteiger partial charge in [0, 0.05) is 38.3 Å². The molecule has 0 aromatic rings. The molecule has 0 aliphatic carbocycles. The van der Waals surface area contributed by atoms with Crippen LogP contribution < -0.4 is 0 Å². The summed E-state index contributed by atoms with van der Waals surface area (Å²) in [5.74, 6) is -1.57. The van der Waals surface area contributed by atoms with E-state index in [1.165, 1.54) is 0 Å². The molecule has 3 rings (SSSR count). The first-order valence-corrected chi connectivity index (χ1v) is 14.0. The molecule has 3 fully saturated rings. The number of rotatable bonds is 14. The minimum atomic E-state index is -0.985. The SMILES string of the molecule is C=CCN(CCC)C(=O)[C@@H]1[C@H]2C(=O)N(CCCCCCO)C(C(=O)N(CC=C)C(C)(C)C)C23CC[C@H]1O3. The molecule has 3 aliphatic rings. The number of aliphatic hydroxyl groups excluding tert-OH is 1. The zero-order valence-corrected chi connectivity index (χ0v) is 23.3. The highest BCUT2D eigenvalue weighted by molar-refractivity contribution is 5.99. The number of unbranched alkanes of at least 4 members (excludes halogenated alkanes) is 3. The Bertz CT molecular complexity index is 868. The molecule has 8 nitrogen and oxygen atoms in total. The van der Waals surface area contributed by atoms with E-state index in [9.17, 15) is 14.4 Å². The number of ether oxygens (including phenoxy) is 1. The zero-order chi connectivity index (χ0) is 27.4. The quantitative estimate of drug-likeness (QED) is 0.282. The topological polar surface area (TPSA) is 90.4 Å². The second kappa shape index (κ2) is 12.1. The fourth-order valence-corrected chi connectivity index (χ4v) is 6.60. The van der Waals surface area contributed by atoms with Gasteiger partial charge < -0.3 is 24.5 Å². The maximum atomic E-state index is 14.3. The average molecular weight is 518 g/mol. The molecule has 3 aliphatic heterocycles. The number of carbonyl (C=O) groups excluding carboxylic acids is 3. The lowest BCUT2D eigenvalue weighted by Crippen LogP contribution is -2.60. The van der Waals surface area contributed by atoms with Gasteiger partial charge in [-0.05, 0) is 52.9 Å². The predicted octanol–water partition coefficient (Wildman–Crippen LogP) is 3.15. The largest absolute Gasteiger partial charge is 0.396 e. The lowest BCUT2D eigenvalue weighted by molar-refractivity contribution is -0.151. The van der Waals surface area contributed by atoms with Crippen LogP contribution in [-0.2, 0) is 19.1 Å². The molecule has 3 amide bonds. The third-order valence-electron chi connectivity index (χ3n) is 8.17. The number of hydrogen-bond donors (Lipinski definition) is 1. The van der Waals surface area contributed by atoms with E-state index in [0.29, 0.717) is 39.0 Å². The molecule has 2 bridgehead atoms. The van der Waals surface area contributed by atoms with Crippen LogP contribution in [0.15, 0.2) is 25.3 Å². The molecule has 0 aromatic carbocycles. The van der Waals surface area contributed by atoms with Gasteiger partial charge in [0.05, 0.1) is 17.9 Å².